The van der Waals surface area contributed by atoms with Crippen LogP contribution in [0.1, 0.15) is 5.69 Å². The third-order valence-corrected chi connectivity index (χ3v) is 1.67. The predicted molar refractivity (Wildman–Crippen MR) is 43.5 cm³/mol. The number of nitrogen functional groups attached to an aromatic ring is 1. The number of alkyl halides is 3. The topological polar surface area (TPSA) is 38.9 Å². The minimum atomic E-state index is -4.19. The molecule has 0 radical (unpaired) electrons. The maximum absolute atomic E-state index is 11.7. The Kier molecular flexibility index (Phi) is 3.79. The van der Waals surface area contributed by atoms with Crippen LogP contribution in [0.2, 0.25) is 0 Å². The summed E-state index contributed by atoms with van der Waals surface area (Å²) in [6.07, 6.45) is -5.19. The van der Waals surface area contributed by atoms with Gasteiger partial charge >= 0.3 is 6.18 Å². The second-order valence-electron chi connectivity index (χ2n) is 1.97. The number of halogens is 4. The lowest BCUT2D eigenvalue weighted by molar-refractivity contribution is -0.127. The van der Waals surface area contributed by atoms with Gasteiger partial charge in [-0.1, -0.05) is 0 Å². The number of nitrogens with two attached hydrogens (primary N) is 1. The molecule has 1 aromatic heterocycles. The number of nitrogens with zero attached hydrogens (tertiary/aromatic N) is 1. The number of aromatic nitrogens is 1. The number of hydrogen-bond donors (Lipinski definition) is 1. The van der Waals surface area contributed by atoms with E-state index in [2.05, 4.69) is 4.98 Å². The van der Waals surface area contributed by atoms with Crippen LogP contribution in [0.5, 0.6) is 0 Å². The standard InChI is InChI=1S/C5H5F3N2S.ClH/c6-5(7,8)1-3-2-11-4(9)10-3;/h2H,1H2,(H2,9,10);1H. The highest BCUT2D eigenvalue weighted by Gasteiger charge is 2.28. The van der Waals surface area contributed by atoms with Crippen LogP contribution >= 0.6 is 23.7 Å². The zero-order valence-electron chi connectivity index (χ0n) is 5.76. The highest BCUT2D eigenvalue weighted by Crippen LogP contribution is 2.22. The van der Waals surface area contributed by atoms with Gasteiger partial charge in [-0.15, -0.1) is 23.7 Å². The second-order valence-corrected chi connectivity index (χ2v) is 2.86. The molecule has 2 N–H and O–H groups in total. The van der Waals surface area contributed by atoms with Crippen molar-refractivity contribution in [3.63, 3.8) is 0 Å². The lowest BCUT2D eigenvalue weighted by Gasteiger charge is -2.01. The summed E-state index contributed by atoms with van der Waals surface area (Å²) < 4.78 is 35.0. The Morgan fingerprint density at radius 1 is 1.50 bits per heavy atom. The summed E-state index contributed by atoms with van der Waals surface area (Å²) in [6, 6.07) is 0. The molecule has 0 amide bonds. The molecule has 0 saturated heterocycles. The van der Waals surface area contributed by atoms with Gasteiger partial charge < -0.3 is 5.73 Å². The molecule has 12 heavy (non-hydrogen) atoms. The van der Waals surface area contributed by atoms with Crippen LogP contribution in [0.25, 0.3) is 0 Å². The fraction of sp³-hybridized carbons (Fsp3) is 0.400. The second kappa shape index (κ2) is 3.95. The minimum absolute atomic E-state index is 0. The maximum atomic E-state index is 11.7. The molecule has 0 aliphatic rings. The van der Waals surface area contributed by atoms with E-state index in [1.165, 1.54) is 5.38 Å². The molecule has 0 unspecified atom stereocenters. The van der Waals surface area contributed by atoms with E-state index in [1.807, 2.05) is 0 Å². The average Bonchev–Trinajstić information content (AvgIpc) is 2.10. The average molecular weight is 219 g/mol. The van der Waals surface area contributed by atoms with E-state index in [1.54, 1.807) is 0 Å². The normalized spacial score (nSPS) is 10.9. The monoisotopic (exact) mass is 218 g/mol. The summed E-state index contributed by atoms with van der Waals surface area (Å²) in [7, 11) is 0. The molecule has 0 spiro atoms. The molecule has 1 heterocycles. The quantitative estimate of drug-likeness (QED) is 0.785. The lowest BCUT2D eigenvalue weighted by Crippen LogP contribution is -2.11. The van der Waals surface area contributed by atoms with E-state index in [0.717, 1.165) is 11.3 Å². The summed E-state index contributed by atoms with van der Waals surface area (Å²) in [4.78, 5) is 3.47. The molecule has 0 fully saturated rings. The van der Waals surface area contributed by atoms with Gasteiger partial charge in [-0.2, -0.15) is 13.2 Å². The van der Waals surface area contributed by atoms with Gasteiger partial charge in [0.25, 0.3) is 0 Å². The Morgan fingerprint density at radius 2 is 2.08 bits per heavy atom. The van der Waals surface area contributed by atoms with Gasteiger partial charge in [0.15, 0.2) is 5.13 Å². The number of rotatable bonds is 1. The molecular weight excluding hydrogens is 213 g/mol. The summed E-state index contributed by atoms with van der Waals surface area (Å²) in [6.45, 7) is 0. The fourth-order valence-electron chi connectivity index (χ4n) is 0.609. The van der Waals surface area contributed by atoms with Crippen LogP contribution in [-0.4, -0.2) is 11.2 Å². The number of hydrogen-bond acceptors (Lipinski definition) is 3. The first-order valence-electron chi connectivity index (χ1n) is 2.74. The van der Waals surface area contributed by atoms with Crippen molar-refractivity contribution in [3.05, 3.63) is 11.1 Å². The van der Waals surface area contributed by atoms with Crippen molar-refractivity contribution in [2.24, 2.45) is 0 Å². The van der Waals surface area contributed by atoms with Crippen molar-refractivity contribution >= 4 is 28.9 Å². The van der Waals surface area contributed by atoms with Crippen LogP contribution < -0.4 is 5.73 Å². The van der Waals surface area contributed by atoms with E-state index < -0.39 is 12.6 Å². The van der Waals surface area contributed by atoms with Crippen LogP contribution in [-0.2, 0) is 6.42 Å². The predicted octanol–water partition coefficient (Wildman–Crippen LogP) is 2.25. The summed E-state index contributed by atoms with van der Waals surface area (Å²) in [5.41, 5.74) is 5.12. The zero-order chi connectivity index (χ0) is 8.48. The van der Waals surface area contributed by atoms with Gasteiger partial charge in [-0.25, -0.2) is 4.98 Å². The first-order valence-corrected chi connectivity index (χ1v) is 3.62. The first-order chi connectivity index (χ1) is 4.97. The van der Waals surface area contributed by atoms with Crippen LogP contribution in [0, 0.1) is 0 Å². The Bertz CT molecular complexity index is 247. The van der Waals surface area contributed by atoms with Crippen molar-refractivity contribution < 1.29 is 13.2 Å². The molecular formula is C5H6ClF3N2S. The van der Waals surface area contributed by atoms with Crippen molar-refractivity contribution in [1.29, 1.82) is 0 Å². The fourth-order valence-corrected chi connectivity index (χ4v) is 1.17. The maximum Gasteiger partial charge on any atom is 0.394 e. The third kappa shape index (κ3) is 3.77. The van der Waals surface area contributed by atoms with Crippen LogP contribution in [0.4, 0.5) is 18.3 Å². The van der Waals surface area contributed by atoms with Crippen molar-refractivity contribution in [2.75, 3.05) is 5.73 Å². The van der Waals surface area contributed by atoms with Gasteiger partial charge in [-0.3, -0.25) is 0 Å². The first kappa shape index (κ1) is 11.5. The molecule has 2 nitrogen and oxygen atoms in total. The Balaban J connectivity index is 0.00000121. The Morgan fingerprint density at radius 3 is 2.42 bits per heavy atom. The van der Waals surface area contributed by atoms with Crippen molar-refractivity contribution in [3.8, 4) is 0 Å². The lowest BCUT2D eigenvalue weighted by atomic mass is 10.3. The Labute approximate surface area is 77.0 Å². The molecule has 0 saturated carbocycles. The van der Waals surface area contributed by atoms with E-state index >= 15 is 0 Å². The summed E-state index contributed by atoms with van der Waals surface area (Å²) in [5, 5.41) is 1.48. The van der Waals surface area contributed by atoms with E-state index in [4.69, 9.17) is 5.73 Å². The molecule has 7 heteroatoms. The third-order valence-electron chi connectivity index (χ3n) is 0.951. The van der Waals surface area contributed by atoms with Gasteiger partial charge in [0, 0.05) is 5.38 Å². The smallest absolute Gasteiger partial charge is 0.375 e. The molecule has 70 valence electrons. The summed E-state index contributed by atoms with van der Waals surface area (Å²) >= 11 is 1.01. The van der Waals surface area contributed by atoms with Crippen LogP contribution in [0.15, 0.2) is 5.38 Å². The molecule has 0 bridgehead atoms. The highest BCUT2D eigenvalue weighted by molar-refractivity contribution is 7.13. The molecule has 0 aliphatic heterocycles. The van der Waals surface area contributed by atoms with Crippen molar-refractivity contribution in [2.45, 2.75) is 12.6 Å². The summed E-state index contributed by atoms with van der Waals surface area (Å²) in [5.74, 6) is 0. The van der Waals surface area contributed by atoms with E-state index in [9.17, 15) is 13.2 Å². The molecule has 0 atom stereocenters. The highest BCUT2D eigenvalue weighted by atomic mass is 35.5. The molecule has 1 aromatic rings. The van der Waals surface area contributed by atoms with Gasteiger partial charge in [0.2, 0.25) is 0 Å². The van der Waals surface area contributed by atoms with E-state index in [0.29, 0.717) is 0 Å². The van der Waals surface area contributed by atoms with E-state index in [-0.39, 0.29) is 23.2 Å². The number of thiazole rings is 1. The minimum Gasteiger partial charge on any atom is -0.375 e. The van der Waals surface area contributed by atoms with Gasteiger partial charge in [0.05, 0.1) is 12.1 Å². The Hall–Kier alpha value is -0.490. The van der Waals surface area contributed by atoms with Crippen LogP contribution in [0.3, 0.4) is 0 Å². The van der Waals surface area contributed by atoms with Gasteiger partial charge in [0.1, 0.15) is 0 Å². The largest absolute Gasteiger partial charge is 0.394 e. The molecule has 0 aliphatic carbocycles. The molecule has 1 rings (SSSR count). The zero-order valence-corrected chi connectivity index (χ0v) is 7.39. The van der Waals surface area contributed by atoms with Crippen molar-refractivity contribution in [1.82, 2.24) is 4.98 Å². The SMILES string of the molecule is Cl.Nc1nc(CC(F)(F)F)cs1. The molecule has 0 aromatic carbocycles. The van der Waals surface area contributed by atoms with Gasteiger partial charge in [-0.05, 0) is 0 Å². The number of anilines is 1.